The largest absolute Gasteiger partial charge is 0.492 e. The third kappa shape index (κ3) is 12.8. The number of ether oxygens (including phenoxy) is 3. The van der Waals surface area contributed by atoms with E-state index in [-0.39, 0.29) is 5.96 Å². The Hall–Kier alpha value is -4.03. The Kier molecular flexibility index (Phi) is 14.8. The van der Waals surface area contributed by atoms with E-state index in [1.165, 1.54) is 0 Å². The average molecular weight is 574 g/mol. The van der Waals surface area contributed by atoms with Gasteiger partial charge < -0.3 is 46.5 Å². The van der Waals surface area contributed by atoms with Crippen LogP contribution in [0.15, 0.2) is 53.5 Å². The van der Waals surface area contributed by atoms with Crippen LogP contribution in [0.4, 0.5) is 5.69 Å². The van der Waals surface area contributed by atoms with Gasteiger partial charge in [-0.3, -0.25) is 9.79 Å². The van der Waals surface area contributed by atoms with Gasteiger partial charge in [-0.1, -0.05) is 37.6 Å². The zero-order chi connectivity index (χ0) is 30.0. The lowest BCUT2D eigenvalue weighted by atomic mass is 10.1. The number of unbranched alkanes of at least 4 members (excludes halogenated alkanes) is 1. The van der Waals surface area contributed by atoms with Crippen molar-refractivity contribution >= 4 is 23.6 Å². The first-order valence-corrected chi connectivity index (χ1v) is 13.8. The minimum absolute atomic E-state index is 0.0129. The quantitative estimate of drug-likeness (QED) is 0.112. The molecule has 0 amide bonds. The molecule has 1 aliphatic heterocycles. The van der Waals surface area contributed by atoms with Gasteiger partial charge in [-0.25, -0.2) is 4.79 Å². The fourth-order valence-corrected chi connectivity index (χ4v) is 3.90. The summed E-state index contributed by atoms with van der Waals surface area (Å²) in [5.74, 6) is -0.225. The smallest absolute Gasteiger partial charge is 0.333 e. The van der Waals surface area contributed by atoms with Crippen LogP contribution < -0.4 is 31.6 Å². The predicted molar refractivity (Wildman–Crippen MR) is 158 cm³/mol. The molecule has 12 nitrogen and oxygen atoms in total. The van der Waals surface area contributed by atoms with E-state index < -0.39 is 24.1 Å². The molecule has 0 radical (unpaired) electrons. The number of para-hydroxylation sites is 2. The molecule has 2 atom stereocenters. The van der Waals surface area contributed by atoms with Gasteiger partial charge in [0, 0.05) is 19.6 Å². The monoisotopic (exact) mass is 573 g/mol. The van der Waals surface area contributed by atoms with Crippen LogP contribution >= 0.6 is 0 Å². The van der Waals surface area contributed by atoms with E-state index in [4.69, 9.17) is 36.5 Å². The Morgan fingerprint density at radius 1 is 1.05 bits per heavy atom. The van der Waals surface area contributed by atoms with E-state index in [0.29, 0.717) is 45.6 Å². The van der Waals surface area contributed by atoms with Crippen molar-refractivity contribution in [3.05, 3.63) is 54.1 Å². The van der Waals surface area contributed by atoms with E-state index in [1.807, 2.05) is 42.5 Å². The standard InChI is InChI=1S/C23H29NO5.C6H14N4O2/c1-2-3-14-28-22(23(25)26)17-18-8-10-19(11-9-18)27-15-12-24-13-16-29-21-7-5-4-6-20(21)24;7-4(5(11)12)2-1-3-10-6(8)9/h4-11,22H,2-3,12-17H2,1H3,(H,25,26);4H,1-3,7H2,(H,11,12)(H4,8,9,10)/t22-;/m0./s1. The molecule has 0 aliphatic carbocycles. The summed E-state index contributed by atoms with van der Waals surface area (Å²) in [6, 6.07) is 14.8. The number of aliphatic carboxylic acids is 2. The SMILES string of the molecule is CCCCO[C@@H](Cc1ccc(OCCN2CCOc3ccccc32)cc1)C(=O)O.NC(N)=NCCCC(N)C(=O)O. The summed E-state index contributed by atoms with van der Waals surface area (Å²) in [7, 11) is 0. The number of nitrogens with two attached hydrogens (primary N) is 3. The molecule has 1 unspecified atom stereocenters. The summed E-state index contributed by atoms with van der Waals surface area (Å²) >= 11 is 0. The van der Waals surface area contributed by atoms with Gasteiger partial charge >= 0.3 is 11.9 Å². The molecular weight excluding hydrogens is 530 g/mol. The summed E-state index contributed by atoms with van der Waals surface area (Å²) in [4.78, 5) is 27.5. The zero-order valence-corrected chi connectivity index (χ0v) is 23.6. The minimum Gasteiger partial charge on any atom is -0.492 e. The number of anilines is 1. The molecule has 41 heavy (non-hydrogen) atoms. The number of carboxylic acids is 2. The molecule has 0 fully saturated rings. The first-order chi connectivity index (χ1) is 19.7. The van der Waals surface area contributed by atoms with Crippen LogP contribution in [0.3, 0.4) is 0 Å². The second-order valence-corrected chi connectivity index (χ2v) is 9.44. The number of carbonyl (C=O) groups is 2. The van der Waals surface area contributed by atoms with E-state index in [9.17, 15) is 14.7 Å². The van der Waals surface area contributed by atoms with Crippen molar-refractivity contribution in [1.82, 2.24) is 0 Å². The second-order valence-electron chi connectivity index (χ2n) is 9.44. The predicted octanol–water partition coefficient (Wildman–Crippen LogP) is 2.23. The number of rotatable bonds is 16. The molecule has 1 heterocycles. The molecule has 8 N–H and O–H groups in total. The molecule has 2 aromatic carbocycles. The number of fused-ring (bicyclic) bond motifs is 1. The summed E-state index contributed by atoms with van der Waals surface area (Å²) in [5, 5.41) is 17.7. The second kappa shape index (κ2) is 18.3. The molecule has 226 valence electrons. The third-order valence-electron chi connectivity index (χ3n) is 6.18. The van der Waals surface area contributed by atoms with Crippen molar-refractivity contribution in [2.75, 3.05) is 44.4 Å². The zero-order valence-electron chi connectivity index (χ0n) is 23.6. The number of guanidine groups is 1. The Morgan fingerprint density at radius 3 is 2.44 bits per heavy atom. The van der Waals surface area contributed by atoms with Crippen molar-refractivity contribution in [3.8, 4) is 11.5 Å². The topological polar surface area (TPSA) is 196 Å². The molecule has 1 aliphatic rings. The number of nitrogens with zero attached hydrogens (tertiary/aromatic N) is 2. The molecule has 2 aromatic rings. The van der Waals surface area contributed by atoms with Crippen LogP contribution in [-0.2, 0) is 20.7 Å². The first-order valence-electron chi connectivity index (χ1n) is 13.8. The highest BCUT2D eigenvalue weighted by Crippen LogP contribution is 2.30. The molecule has 12 heteroatoms. The average Bonchev–Trinajstić information content (AvgIpc) is 2.96. The van der Waals surface area contributed by atoms with Crippen molar-refractivity contribution in [1.29, 1.82) is 0 Å². The maximum Gasteiger partial charge on any atom is 0.333 e. The highest BCUT2D eigenvalue weighted by molar-refractivity contribution is 5.75. The van der Waals surface area contributed by atoms with Crippen molar-refractivity contribution < 1.29 is 34.0 Å². The van der Waals surface area contributed by atoms with Crippen LogP contribution in [0.5, 0.6) is 11.5 Å². The van der Waals surface area contributed by atoms with Crippen molar-refractivity contribution in [3.63, 3.8) is 0 Å². The van der Waals surface area contributed by atoms with Gasteiger partial charge in [0.2, 0.25) is 0 Å². The summed E-state index contributed by atoms with van der Waals surface area (Å²) in [6.45, 7) is 5.79. The van der Waals surface area contributed by atoms with E-state index in [0.717, 1.165) is 48.7 Å². The Morgan fingerprint density at radius 2 is 1.78 bits per heavy atom. The molecule has 0 spiro atoms. The molecule has 0 saturated carbocycles. The minimum atomic E-state index is -1.00. The Labute approximate surface area is 241 Å². The molecule has 0 saturated heterocycles. The number of benzene rings is 2. The van der Waals surface area contributed by atoms with Crippen LogP contribution in [0.1, 0.15) is 38.2 Å². The van der Waals surface area contributed by atoms with Gasteiger partial charge in [0.1, 0.15) is 30.8 Å². The van der Waals surface area contributed by atoms with Gasteiger partial charge in [-0.05, 0) is 49.1 Å². The number of hydrogen-bond acceptors (Lipinski definition) is 8. The summed E-state index contributed by atoms with van der Waals surface area (Å²) < 4.78 is 17.0. The van der Waals surface area contributed by atoms with E-state index in [2.05, 4.69) is 22.9 Å². The number of hydrogen-bond donors (Lipinski definition) is 5. The molecule has 0 aromatic heterocycles. The van der Waals surface area contributed by atoms with Gasteiger partial charge in [-0.15, -0.1) is 0 Å². The molecular formula is C29H43N5O7. The van der Waals surface area contributed by atoms with Gasteiger partial charge in [0.05, 0.1) is 18.8 Å². The van der Waals surface area contributed by atoms with Crippen LogP contribution in [-0.4, -0.2) is 79.7 Å². The molecule has 0 bridgehead atoms. The summed E-state index contributed by atoms with van der Waals surface area (Å²) in [6.07, 6.45) is 2.34. The van der Waals surface area contributed by atoms with E-state index >= 15 is 0 Å². The van der Waals surface area contributed by atoms with E-state index in [1.54, 1.807) is 0 Å². The normalized spacial score (nSPS) is 13.5. The van der Waals surface area contributed by atoms with Crippen molar-refractivity contribution in [2.24, 2.45) is 22.2 Å². The van der Waals surface area contributed by atoms with Crippen molar-refractivity contribution in [2.45, 2.75) is 51.2 Å². The highest BCUT2D eigenvalue weighted by Gasteiger charge is 2.19. The lowest BCUT2D eigenvalue weighted by molar-refractivity contribution is -0.150. The summed E-state index contributed by atoms with van der Waals surface area (Å²) in [5.41, 5.74) is 17.3. The Bertz CT molecular complexity index is 1090. The van der Waals surface area contributed by atoms with Gasteiger partial charge in [-0.2, -0.15) is 0 Å². The maximum absolute atomic E-state index is 11.4. The van der Waals surface area contributed by atoms with Crippen LogP contribution in [0.2, 0.25) is 0 Å². The fourth-order valence-electron chi connectivity index (χ4n) is 3.90. The van der Waals surface area contributed by atoms with Gasteiger partial charge in [0.15, 0.2) is 12.1 Å². The number of aliphatic imine (C=N–C) groups is 1. The molecule has 3 rings (SSSR count). The first kappa shape index (κ1) is 33.2. The lowest BCUT2D eigenvalue weighted by Gasteiger charge is -2.31. The van der Waals surface area contributed by atoms with Gasteiger partial charge in [0.25, 0.3) is 0 Å². The third-order valence-corrected chi connectivity index (χ3v) is 6.18. The maximum atomic E-state index is 11.4. The lowest BCUT2D eigenvalue weighted by Crippen LogP contribution is -2.35. The van der Waals surface area contributed by atoms with Crippen LogP contribution in [0.25, 0.3) is 0 Å². The Balaban J connectivity index is 0.000000415. The number of carboxylic acid groups (broad SMARTS) is 2. The highest BCUT2D eigenvalue weighted by atomic mass is 16.5. The van der Waals surface area contributed by atoms with Crippen LogP contribution in [0, 0.1) is 0 Å². The fraction of sp³-hybridized carbons (Fsp3) is 0.483.